The van der Waals surface area contributed by atoms with Crippen LogP contribution < -0.4 is 0 Å². The number of carbonyl (C=O) groups is 4. The number of rotatable bonds is 11. The summed E-state index contributed by atoms with van der Waals surface area (Å²) in [5.74, 6) is -3.95. The monoisotopic (exact) mass is 420 g/mol. The molecular weight excluding hydrogens is 388 g/mol. The minimum atomic E-state index is -1.20. The van der Waals surface area contributed by atoms with E-state index in [1.54, 1.807) is 13.8 Å². The van der Waals surface area contributed by atoms with Crippen molar-refractivity contribution in [3.63, 3.8) is 0 Å². The Kier molecular flexibility index (Phi) is 9.69. The van der Waals surface area contributed by atoms with Crippen molar-refractivity contribution in [2.75, 3.05) is 6.61 Å². The molecule has 0 aromatic carbocycles. The Balaban J connectivity index is 2.97. The van der Waals surface area contributed by atoms with Crippen LogP contribution in [0.25, 0.3) is 0 Å². The average molecular weight is 421 g/mol. The first kappa shape index (κ1) is 25.3. The Hall–Kier alpha value is -2.70. The van der Waals surface area contributed by atoms with Crippen molar-refractivity contribution >= 4 is 23.5 Å². The third kappa shape index (κ3) is 9.67. The predicted molar refractivity (Wildman–Crippen MR) is 111 cm³/mol. The second kappa shape index (κ2) is 11.5. The van der Waals surface area contributed by atoms with Crippen molar-refractivity contribution in [2.24, 2.45) is 5.92 Å². The molecule has 1 aliphatic heterocycles. The summed E-state index contributed by atoms with van der Waals surface area (Å²) in [6.45, 7) is 9.93. The molecule has 0 saturated carbocycles. The van der Waals surface area contributed by atoms with Crippen LogP contribution in [0.2, 0.25) is 0 Å². The summed E-state index contributed by atoms with van der Waals surface area (Å²) in [7, 11) is 0. The van der Waals surface area contributed by atoms with Gasteiger partial charge in [-0.1, -0.05) is 23.3 Å². The van der Waals surface area contributed by atoms with Gasteiger partial charge in [-0.15, -0.1) is 0 Å². The van der Waals surface area contributed by atoms with Crippen LogP contribution in [0.3, 0.4) is 0 Å². The molecule has 0 bridgehead atoms. The molecule has 0 aliphatic carbocycles. The van der Waals surface area contributed by atoms with E-state index in [4.69, 9.17) is 9.47 Å². The molecular formula is C23H32O7. The zero-order valence-electron chi connectivity index (χ0n) is 18.7. The van der Waals surface area contributed by atoms with Crippen LogP contribution in [0.1, 0.15) is 67.2 Å². The molecule has 0 saturated heterocycles. The Morgan fingerprint density at radius 2 is 1.77 bits per heavy atom. The maximum absolute atomic E-state index is 12.9. The van der Waals surface area contributed by atoms with Gasteiger partial charge in [-0.3, -0.25) is 14.4 Å². The molecule has 0 aromatic rings. The van der Waals surface area contributed by atoms with Gasteiger partial charge in [0, 0.05) is 20.8 Å². The van der Waals surface area contributed by atoms with E-state index >= 15 is 0 Å². The van der Waals surface area contributed by atoms with E-state index in [-0.39, 0.29) is 12.2 Å². The van der Waals surface area contributed by atoms with Crippen LogP contribution in [0, 0.1) is 5.92 Å². The SMILES string of the molecule is CC(=O)OCC(=O)CC(=O)C(C/C=C(\C)CCC=C(C)C)C1=CC(=O)OC(C)(C)O1. The Morgan fingerprint density at radius 1 is 1.10 bits per heavy atom. The fourth-order valence-electron chi connectivity index (χ4n) is 2.86. The standard InChI is InChI=1S/C23H32O7/c1-15(2)8-7-9-16(3)10-11-19(20(26)12-18(25)14-28-17(4)24)21-13-22(27)30-23(5,6)29-21/h8,10,13,19H,7,9,11-12,14H2,1-6H3/b16-10+. The molecule has 0 fully saturated rings. The van der Waals surface area contributed by atoms with Crippen LogP contribution in [0.15, 0.2) is 35.1 Å². The lowest BCUT2D eigenvalue weighted by Crippen LogP contribution is -2.37. The van der Waals surface area contributed by atoms with Crippen molar-refractivity contribution in [3.8, 4) is 0 Å². The molecule has 7 heteroatoms. The minimum absolute atomic E-state index is 0.176. The van der Waals surface area contributed by atoms with E-state index in [0.717, 1.165) is 24.5 Å². The van der Waals surface area contributed by atoms with Crippen LogP contribution in [0.4, 0.5) is 0 Å². The highest BCUT2D eigenvalue weighted by molar-refractivity contribution is 6.02. The maximum atomic E-state index is 12.9. The van der Waals surface area contributed by atoms with Crippen LogP contribution in [-0.4, -0.2) is 35.9 Å². The number of ketones is 2. The fourth-order valence-corrected chi connectivity index (χ4v) is 2.86. The summed E-state index contributed by atoms with van der Waals surface area (Å²) < 4.78 is 15.5. The van der Waals surface area contributed by atoms with Crippen LogP contribution in [0.5, 0.6) is 0 Å². The third-order valence-electron chi connectivity index (χ3n) is 4.30. The first-order valence-corrected chi connectivity index (χ1v) is 10.00. The lowest BCUT2D eigenvalue weighted by molar-refractivity contribution is -0.208. The zero-order chi connectivity index (χ0) is 22.9. The first-order valence-electron chi connectivity index (χ1n) is 10.00. The molecule has 7 nitrogen and oxygen atoms in total. The maximum Gasteiger partial charge on any atom is 0.337 e. The van der Waals surface area contributed by atoms with E-state index < -0.39 is 48.2 Å². The van der Waals surface area contributed by atoms with Gasteiger partial charge in [0.05, 0.1) is 18.4 Å². The molecule has 0 amide bonds. The van der Waals surface area contributed by atoms with Gasteiger partial charge in [-0.25, -0.2) is 4.79 Å². The largest absolute Gasteiger partial charge is 0.458 e. The molecule has 1 aliphatic rings. The van der Waals surface area contributed by atoms with E-state index in [1.807, 2.05) is 26.8 Å². The quantitative estimate of drug-likeness (QED) is 0.283. The molecule has 1 rings (SSSR count). The summed E-state index contributed by atoms with van der Waals surface area (Å²) in [4.78, 5) is 47.7. The second-order valence-corrected chi connectivity index (χ2v) is 8.09. The minimum Gasteiger partial charge on any atom is -0.458 e. The average Bonchev–Trinajstić information content (AvgIpc) is 2.58. The van der Waals surface area contributed by atoms with E-state index in [0.29, 0.717) is 0 Å². The van der Waals surface area contributed by atoms with Gasteiger partial charge in [0.15, 0.2) is 11.6 Å². The van der Waals surface area contributed by atoms with E-state index in [1.165, 1.54) is 12.5 Å². The van der Waals surface area contributed by atoms with Gasteiger partial charge < -0.3 is 14.2 Å². The fraction of sp³-hybridized carbons (Fsp3) is 0.565. The molecule has 0 spiro atoms. The highest BCUT2D eigenvalue weighted by Crippen LogP contribution is 2.30. The first-order chi connectivity index (χ1) is 13.9. The number of ether oxygens (including phenoxy) is 3. The van der Waals surface area contributed by atoms with Gasteiger partial charge in [0.1, 0.15) is 12.4 Å². The van der Waals surface area contributed by atoms with E-state index in [2.05, 4.69) is 10.8 Å². The Bertz CT molecular complexity index is 764. The molecule has 1 unspecified atom stereocenters. The molecule has 0 N–H and O–H groups in total. The molecule has 1 heterocycles. The predicted octanol–water partition coefficient (Wildman–Crippen LogP) is 3.97. The highest BCUT2D eigenvalue weighted by atomic mass is 16.7. The Morgan fingerprint density at radius 3 is 2.33 bits per heavy atom. The number of hydrogen-bond acceptors (Lipinski definition) is 7. The molecule has 0 aromatic heterocycles. The summed E-state index contributed by atoms with van der Waals surface area (Å²) in [6.07, 6.45) is 6.81. The lowest BCUT2D eigenvalue weighted by Gasteiger charge is -2.33. The van der Waals surface area contributed by atoms with Crippen molar-refractivity contribution in [1.82, 2.24) is 0 Å². The number of Topliss-reactive ketones (excluding diaryl/α,β-unsaturated/α-hetero) is 2. The number of cyclic esters (lactones) is 1. The molecule has 166 valence electrons. The summed E-state index contributed by atoms with van der Waals surface area (Å²) >= 11 is 0. The molecule has 1 atom stereocenters. The van der Waals surface area contributed by atoms with Crippen molar-refractivity contribution in [3.05, 3.63) is 35.1 Å². The van der Waals surface area contributed by atoms with Gasteiger partial charge in [-0.2, -0.15) is 0 Å². The molecule has 30 heavy (non-hydrogen) atoms. The second-order valence-electron chi connectivity index (χ2n) is 8.09. The summed E-state index contributed by atoms with van der Waals surface area (Å²) in [6, 6.07) is 0. The van der Waals surface area contributed by atoms with Crippen molar-refractivity contribution in [2.45, 2.75) is 73.0 Å². The third-order valence-corrected chi connectivity index (χ3v) is 4.30. The van der Waals surface area contributed by atoms with Crippen LogP contribution in [-0.2, 0) is 33.4 Å². The summed E-state index contributed by atoms with van der Waals surface area (Å²) in [5.41, 5.74) is 2.33. The van der Waals surface area contributed by atoms with Gasteiger partial charge >= 0.3 is 11.9 Å². The topological polar surface area (TPSA) is 96.0 Å². The highest BCUT2D eigenvalue weighted by Gasteiger charge is 2.36. The summed E-state index contributed by atoms with van der Waals surface area (Å²) in [5, 5.41) is 0. The number of esters is 2. The normalized spacial score (nSPS) is 16.5. The van der Waals surface area contributed by atoms with Gasteiger partial charge in [-0.05, 0) is 40.0 Å². The van der Waals surface area contributed by atoms with Gasteiger partial charge in [0.2, 0.25) is 5.79 Å². The lowest BCUT2D eigenvalue weighted by atomic mass is 9.92. The number of hydrogen-bond donors (Lipinski definition) is 0. The van der Waals surface area contributed by atoms with Gasteiger partial charge in [0.25, 0.3) is 0 Å². The van der Waals surface area contributed by atoms with Crippen molar-refractivity contribution in [1.29, 1.82) is 0 Å². The molecule has 0 radical (unpaired) electrons. The number of allylic oxidation sites excluding steroid dienone is 5. The van der Waals surface area contributed by atoms with Crippen molar-refractivity contribution < 1.29 is 33.4 Å². The Labute approximate surface area is 178 Å². The number of carbonyl (C=O) groups excluding carboxylic acids is 4. The van der Waals surface area contributed by atoms with E-state index in [9.17, 15) is 19.2 Å². The zero-order valence-corrected chi connectivity index (χ0v) is 18.7. The smallest absolute Gasteiger partial charge is 0.337 e. The van der Waals surface area contributed by atoms with Crippen LogP contribution >= 0.6 is 0 Å².